The van der Waals surface area contributed by atoms with Crippen LogP contribution in [0.5, 0.6) is 0 Å². The van der Waals surface area contributed by atoms with Crippen LogP contribution in [0, 0.1) is 12.8 Å². The van der Waals surface area contributed by atoms with E-state index in [-0.39, 0.29) is 5.41 Å². The quantitative estimate of drug-likeness (QED) is 0.428. The highest BCUT2D eigenvalue weighted by atomic mass is 16.2. The number of para-hydroxylation sites is 2. The van der Waals surface area contributed by atoms with Gasteiger partial charge in [0.1, 0.15) is 5.82 Å². The summed E-state index contributed by atoms with van der Waals surface area (Å²) in [6.07, 6.45) is 10.7. The number of hydrogen-bond donors (Lipinski definition) is 0. The number of hydrogen-bond acceptors (Lipinski definition) is 3. The first-order valence-corrected chi connectivity index (χ1v) is 14.6. The Morgan fingerprint density at radius 1 is 0.892 bits per heavy atom. The summed E-state index contributed by atoms with van der Waals surface area (Å²) in [5, 5.41) is 0. The van der Waals surface area contributed by atoms with Gasteiger partial charge in [0.25, 0.3) is 0 Å². The summed E-state index contributed by atoms with van der Waals surface area (Å²) in [6, 6.07) is 21.8. The maximum atomic E-state index is 12.8. The molecule has 5 nitrogen and oxygen atoms in total. The van der Waals surface area contributed by atoms with Gasteiger partial charge in [0.05, 0.1) is 11.0 Å². The molecule has 3 atom stereocenters. The summed E-state index contributed by atoms with van der Waals surface area (Å²) < 4.78 is 2.54. The molecule has 1 saturated carbocycles. The molecule has 0 spiro atoms. The summed E-state index contributed by atoms with van der Waals surface area (Å²) in [7, 11) is 0. The van der Waals surface area contributed by atoms with Gasteiger partial charge in [-0.15, -0.1) is 0 Å². The fraction of sp³-hybridized carbons (Fsp3) is 0.562. The summed E-state index contributed by atoms with van der Waals surface area (Å²) in [4.78, 5) is 22.7. The molecule has 0 radical (unpaired) electrons. The topological polar surface area (TPSA) is 41.4 Å². The van der Waals surface area contributed by atoms with Crippen LogP contribution < -0.4 is 0 Å². The summed E-state index contributed by atoms with van der Waals surface area (Å²) in [6.45, 7) is 5.20. The fourth-order valence-corrected chi connectivity index (χ4v) is 8.01. The van der Waals surface area contributed by atoms with Crippen molar-refractivity contribution in [3.8, 4) is 0 Å². The lowest BCUT2D eigenvalue weighted by molar-refractivity contribution is -0.134. The van der Waals surface area contributed by atoms with Gasteiger partial charge in [-0.05, 0) is 94.4 Å². The van der Waals surface area contributed by atoms with Crippen LogP contribution in [0.1, 0.15) is 75.2 Å². The molecule has 7 rings (SSSR count). The molecule has 2 aromatic carbocycles. The van der Waals surface area contributed by atoms with Crippen molar-refractivity contribution in [2.75, 3.05) is 19.6 Å². The van der Waals surface area contributed by atoms with Crippen LogP contribution in [0.2, 0.25) is 0 Å². The standard InChI is InChI=1S/C32H40N4O/c1-23-33-29-9-5-6-10-30(29)36(23)28-21-26-13-14-27(22-28)35(26)20-17-32(25-7-3-2-4-8-25)15-18-34(19-16-32)31(37)24-11-12-24/h2-10,24,26-28H,11-22H2,1H3/t26-,27+,28?. The zero-order valence-electron chi connectivity index (χ0n) is 22.2. The van der Waals surface area contributed by atoms with Crippen molar-refractivity contribution in [2.45, 2.75) is 88.3 Å². The van der Waals surface area contributed by atoms with E-state index in [1.54, 1.807) is 0 Å². The fourth-order valence-electron chi connectivity index (χ4n) is 8.01. The molecule has 1 unspecified atom stereocenters. The van der Waals surface area contributed by atoms with E-state index in [0.29, 0.717) is 30.0 Å². The van der Waals surface area contributed by atoms with Crippen LogP contribution in [-0.4, -0.2) is 57.0 Å². The Balaban J connectivity index is 1.07. The van der Waals surface area contributed by atoms with Crippen molar-refractivity contribution >= 4 is 16.9 Å². The summed E-state index contributed by atoms with van der Waals surface area (Å²) in [5.41, 5.74) is 4.10. The lowest BCUT2D eigenvalue weighted by Crippen LogP contribution is -2.49. The molecule has 1 aromatic heterocycles. The van der Waals surface area contributed by atoms with E-state index in [1.807, 2.05) is 0 Å². The van der Waals surface area contributed by atoms with Gasteiger partial charge in [-0.25, -0.2) is 4.98 Å². The first kappa shape index (κ1) is 23.5. The van der Waals surface area contributed by atoms with E-state index in [1.165, 1.54) is 49.7 Å². The van der Waals surface area contributed by atoms with Gasteiger partial charge >= 0.3 is 0 Å². The molecule has 3 aliphatic heterocycles. The second-order valence-electron chi connectivity index (χ2n) is 12.3. The first-order valence-electron chi connectivity index (χ1n) is 14.6. The number of piperidine rings is 2. The zero-order chi connectivity index (χ0) is 25.0. The Morgan fingerprint density at radius 3 is 2.27 bits per heavy atom. The smallest absolute Gasteiger partial charge is 0.225 e. The number of carbonyl (C=O) groups is 1. The number of carbonyl (C=O) groups excluding carboxylic acids is 1. The molecule has 0 N–H and O–H groups in total. The molecule has 2 bridgehead atoms. The Bertz CT molecular complexity index is 1260. The molecule has 3 aromatic rings. The Kier molecular flexibility index (Phi) is 5.88. The highest BCUT2D eigenvalue weighted by molar-refractivity contribution is 5.81. The average molecular weight is 497 g/mol. The van der Waals surface area contributed by atoms with Crippen molar-refractivity contribution in [3.05, 3.63) is 66.0 Å². The van der Waals surface area contributed by atoms with Crippen LogP contribution in [0.3, 0.4) is 0 Å². The molecule has 5 heteroatoms. The Hall–Kier alpha value is -2.66. The third-order valence-corrected chi connectivity index (χ3v) is 10.2. The van der Waals surface area contributed by atoms with Gasteiger partial charge in [0.15, 0.2) is 0 Å². The van der Waals surface area contributed by atoms with Crippen molar-refractivity contribution in [2.24, 2.45) is 5.92 Å². The largest absolute Gasteiger partial charge is 0.342 e. The third kappa shape index (κ3) is 4.20. The van der Waals surface area contributed by atoms with E-state index < -0.39 is 0 Å². The van der Waals surface area contributed by atoms with Crippen LogP contribution in [0.15, 0.2) is 54.6 Å². The van der Waals surface area contributed by atoms with Crippen LogP contribution in [0.4, 0.5) is 0 Å². The maximum Gasteiger partial charge on any atom is 0.225 e. The number of benzene rings is 2. The molecule has 4 aliphatic rings. The molecule has 1 amide bonds. The predicted molar refractivity (Wildman–Crippen MR) is 148 cm³/mol. The number of rotatable bonds is 6. The van der Waals surface area contributed by atoms with Crippen molar-refractivity contribution in [3.63, 3.8) is 0 Å². The van der Waals surface area contributed by atoms with E-state index in [4.69, 9.17) is 4.98 Å². The number of amides is 1. The second kappa shape index (κ2) is 9.27. The number of fused-ring (bicyclic) bond motifs is 3. The Morgan fingerprint density at radius 2 is 1.57 bits per heavy atom. The molecule has 1 aliphatic carbocycles. The maximum absolute atomic E-state index is 12.8. The van der Waals surface area contributed by atoms with Gasteiger partial charge in [-0.1, -0.05) is 42.5 Å². The first-order chi connectivity index (χ1) is 18.1. The molecule has 3 saturated heterocycles. The Labute approximate surface area is 220 Å². The summed E-state index contributed by atoms with van der Waals surface area (Å²) in [5.74, 6) is 1.91. The van der Waals surface area contributed by atoms with Crippen molar-refractivity contribution in [1.82, 2.24) is 19.4 Å². The van der Waals surface area contributed by atoms with Gasteiger partial charge in [0.2, 0.25) is 5.91 Å². The predicted octanol–water partition coefficient (Wildman–Crippen LogP) is 5.87. The lowest BCUT2D eigenvalue weighted by atomic mass is 9.70. The van der Waals surface area contributed by atoms with Gasteiger partial charge < -0.3 is 9.47 Å². The molecule has 4 heterocycles. The number of aromatic nitrogens is 2. The van der Waals surface area contributed by atoms with E-state index in [9.17, 15) is 4.79 Å². The van der Waals surface area contributed by atoms with Gasteiger partial charge in [-0.2, -0.15) is 0 Å². The number of aryl methyl sites for hydroxylation is 1. The van der Waals surface area contributed by atoms with Gasteiger partial charge in [0, 0.05) is 37.1 Å². The van der Waals surface area contributed by atoms with Crippen molar-refractivity contribution < 1.29 is 4.79 Å². The molecular weight excluding hydrogens is 456 g/mol. The van der Waals surface area contributed by atoms with Crippen molar-refractivity contribution in [1.29, 1.82) is 0 Å². The van der Waals surface area contributed by atoms with E-state index >= 15 is 0 Å². The molecular formula is C32H40N4O. The lowest BCUT2D eigenvalue weighted by Gasteiger charge is -2.45. The van der Waals surface area contributed by atoms with E-state index in [2.05, 4.69) is 75.9 Å². The highest BCUT2D eigenvalue weighted by Crippen LogP contribution is 2.45. The summed E-state index contributed by atoms with van der Waals surface area (Å²) >= 11 is 0. The average Bonchev–Trinajstić information content (AvgIpc) is 3.68. The monoisotopic (exact) mass is 496 g/mol. The molecule has 194 valence electrons. The minimum Gasteiger partial charge on any atom is -0.342 e. The number of nitrogens with zero attached hydrogens (tertiary/aromatic N) is 4. The van der Waals surface area contributed by atoms with Crippen LogP contribution in [0.25, 0.3) is 11.0 Å². The van der Waals surface area contributed by atoms with Crippen LogP contribution >= 0.6 is 0 Å². The van der Waals surface area contributed by atoms with Gasteiger partial charge in [-0.3, -0.25) is 9.69 Å². The van der Waals surface area contributed by atoms with Crippen LogP contribution in [-0.2, 0) is 10.2 Å². The molecule has 37 heavy (non-hydrogen) atoms. The minimum atomic E-state index is 0.190. The minimum absolute atomic E-state index is 0.190. The third-order valence-electron chi connectivity index (χ3n) is 10.2. The number of imidazole rings is 1. The normalized spacial score (nSPS) is 27.6. The SMILES string of the molecule is Cc1nc2ccccc2n1C1C[C@H]2CC[C@@H](C1)N2CCC1(c2ccccc2)CCN(C(=O)C2CC2)CC1. The van der Waals surface area contributed by atoms with E-state index in [0.717, 1.165) is 50.1 Å². The highest BCUT2D eigenvalue weighted by Gasteiger charge is 2.45. The zero-order valence-corrected chi connectivity index (χ0v) is 22.2. The number of likely N-dealkylation sites (tertiary alicyclic amines) is 1. The molecule has 4 fully saturated rings. The second-order valence-corrected chi connectivity index (χ2v) is 12.3.